The average Bonchev–Trinajstić information content (AvgIpc) is 2.30. The quantitative estimate of drug-likeness (QED) is 0.870. The van der Waals surface area contributed by atoms with E-state index in [1.807, 2.05) is 0 Å². The van der Waals surface area contributed by atoms with Gasteiger partial charge in [-0.05, 0) is 34.7 Å². The van der Waals surface area contributed by atoms with Gasteiger partial charge in [-0.25, -0.2) is 4.79 Å². The number of carbonyl (C=O) groups is 1. The number of hydrogen-bond donors (Lipinski definition) is 1. The van der Waals surface area contributed by atoms with Crippen LogP contribution in [0.2, 0.25) is 0 Å². The summed E-state index contributed by atoms with van der Waals surface area (Å²) in [6.07, 6.45) is 3.21. The fraction of sp³-hybridized carbons (Fsp3) is 0.500. The lowest BCUT2D eigenvalue weighted by Gasteiger charge is -2.24. The van der Waals surface area contributed by atoms with Crippen molar-refractivity contribution in [3.05, 3.63) is 15.9 Å². The van der Waals surface area contributed by atoms with Crippen molar-refractivity contribution in [1.82, 2.24) is 5.16 Å². The number of rotatable bonds is 2. The molecule has 0 amide bonds. The maximum atomic E-state index is 10.7. The van der Waals surface area contributed by atoms with Gasteiger partial charge in [0.05, 0.1) is 0 Å². The Labute approximate surface area is 83.0 Å². The molecule has 0 bridgehead atoms. The Morgan fingerprint density at radius 3 is 2.77 bits per heavy atom. The van der Waals surface area contributed by atoms with Gasteiger partial charge in [-0.1, -0.05) is 11.6 Å². The van der Waals surface area contributed by atoms with Crippen molar-refractivity contribution in [2.75, 3.05) is 0 Å². The smallest absolute Gasteiger partial charge is 0.375 e. The summed E-state index contributed by atoms with van der Waals surface area (Å²) in [6, 6.07) is 0. The number of nitrogens with zero attached hydrogens (tertiary/aromatic N) is 1. The number of aromatic carboxylic acids is 1. The van der Waals surface area contributed by atoms with E-state index in [1.54, 1.807) is 0 Å². The molecular weight excluding hydrogens is 238 g/mol. The van der Waals surface area contributed by atoms with Crippen molar-refractivity contribution in [2.24, 2.45) is 0 Å². The van der Waals surface area contributed by atoms with Crippen LogP contribution in [0, 0.1) is 0 Å². The Kier molecular flexibility index (Phi) is 2.11. The third-order valence-electron chi connectivity index (χ3n) is 2.39. The third-order valence-corrected chi connectivity index (χ3v) is 2.96. The van der Waals surface area contributed by atoms with Crippen LogP contribution in [0.1, 0.15) is 41.3 Å². The third kappa shape index (κ3) is 1.37. The fourth-order valence-electron chi connectivity index (χ4n) is 1.48. The van der Waals surface area contributed by atoms with E-state index in [0.717, 1.165) is 24.8 Å². The summed E-state index contributed by atoms with van der Waals surface area (Å²) in [5.41, 5.74) is 0.721. The molecule has 1 aromatic rings. The predicted octanol–water partition coefficient (Wildman–Crippen LogP) is 2.40. The minimum Gasteiger partial charge on any atom is -0.475 e. The first kappa shape index (κ1) is 8.74. The number of halogens is 1. The van der Waals surface area contributed by atoms with E-state index in [0.29, 0.717) is 10.5 Å². The van der Waals surface area contributed by atoms with Gasteiger partial charge in [0.1, 0.15) is 0 Å². The SMILES string of the molecule is O=C(O)c1onc(Br)c1C1CCC1. The van der Waals surface area contributed by atoms with E-state index in [2.05, 4.69) is 21.1 Å². The molecule has 5 heteroatoms. The molecule has 1 aliphatic rings. The molecular formula is C8H8BrNO3. The van der Waals surface area contributed by atoms with Gasteiger partial charge in [-0.2, -0.15) is 0 Å². The molecule has 1 N–H and O–H groups in total. The van der Waals surface area contributed by atoms with Crippen LogP contribution in [-0.4, -0.2) is 16.2 Å². The second-order valence-electron chi connectivity index (χ2n) is 3.15. The summed E-state index contributed by atoms with van der Waals surface area (Å²) in [5, 5.41) is 12.4. The second-order valence-corrected chi connectivity index (χ2v) is 3.90. The maximum absolute atomic E-state index is 10.7. The largest absolute Gasteiger partial charge is 0.475 e. The standard InChI is InChI=1S/C8H8BrNO3/c9-7-5(4-2-1-3-4)6(8(11)12)13-10-7/h4H,1-3H2,(H,11,12). The van der Waals surface area contributed by atoms with Crippen LogP contribution in [0.25, 0.3) is 0 Å². The lowest BCUT2D eigenvalue weighted by atomic mass is 9.80. The van der Waals surface area contributed by atoms with Gasteiger partial charge in [0.15, 0.2) is 4.60 Å². The molecule has 0 spiro atoms. The maximum Gasteiger partial charge on any atom is 0.375 e. The van der Waals surface area contributed by atoms with Crippen LogP contribution in [0.4, 0.5) is 0 Å². The molecule has 1 aromatic heterocycles. The Hall–Kier alpha value is -0.840. The van der Waals surface area contributed by atoms with E-state index in [4.69, 9.17) is 9.63 Å². The molecule has 0 atom stereocenters. The van der Waals surface area contributed by atoms with Crippen molar-refractivity contribution in [3.8, 4) is 0 Å². The van der Waals surface area contributed by atoms with Crippen molar-refractivity contribution < 1.29 is 14.4 Å². The fourth-order valence-corrected chi connectivity index (χ4v) is 2.06. The number of carboxylic acids is 1. The summed E-state index contributed by atoms with van der Waals surface area (Å²) in [6.45, 7) is 0. The number of aromatic nitrogens is 1. The Balaban J connectivity index is 2.39. The van der Waals surface area contributed by atoms with Gasteiger partial charge < -0.3 is 9.63 Å². The highest BCUT2D eigenvalue weighted by Gasteiger charge is 2.30. The van der Waals surface area contributed by atoms with Crippen molar-refractivity contribution in [1.29, 1.82) is 0 Å². The highest BCUT2D eigenvalue weighted by molar-refractivity contribution is 9.10. The molecule has 70 valence electrons. The first-order valence-electron chi connectivity index (χ1n) is 4.08. The average molecular weight is 246 g/mol. The molecule has 0 saturated heterocycles. The summed E-state index contributed by atoms with van der Waals surface area (Å²) in [5.74, 6) is -0.747. The first-order valence-corrected chi connectivity index (χ1v) is 4.88. The Bertz CT molecular complexity index is 343. The van der Waals surface area contributed by atoms with E-state index in [-0.39, 0.29) is 5.76 Å². The molecule has 1 heterocycles. The molecule has 1 fully saturated rings. The van der Waals surface area contributed by atoms with Crippen molar-refractivity contribution >= 4 is 21.9 Å². The van der Waals surface area contributed by atoms with Crippen LogP contribution in [-0.2, 0) is 0 Å². The molecule has 0 radical (unpaired) electrons. The van der Waals surface area contributed by atoms with Gasteiger partial charge in [0, 0.05) is 5.56 Å². The van der Waals surface area contributed by atoms with Gasteiger partial charge in [0.2, 0.25) is 5.76 Å². The Morgan fingerprint density at radius 2 is 2.31 bits per heavy atom. The van der Waals surface area contributed by atoms with Crippen LogP contribution in [0.3, 0.4) is 0 Å². The van der Waals surface area contributed by atoms with Gasteiger partial charge in [-0.15, -0.1) is 0 Å². The highest BCUT2D eigenvalue weighted by Crippen LogP contribution is 2.41. The van der Waals surface area contributed by atoms with Crippen molar-refractivity contribution in [2.45, 2.75) is 25.2 Å². The van der Waals surface area contributed by atoms with E-state index in [9.17, 15) is 4.79 Å². The molecule has 1 saturated carbocycles. The Morgan fingerprint density at radius 1 is 1.62 bits per heavy atom. The number of carboxylic acid groups (broad SMARTS) is 1. The lowest BCUT2D eigenvalue weighted by Crippen LogP contribution is -2.12. The molecule has 4 nitrogen and oxygen atoms in total. The molecule has 0 aliphatic heterocycles. The van der Waals surface area contributed by atoms with Gasteiger partial charge in [0.25, 0.3) is 0 Å². The minimum absolute atomic E-state index is 0.0171. The summed E-state index contributed by atoms with van der Waals surface area (Å²) >= 11 is 3.19. The summed E-state index contributed by atoms with van der Waals surface area (Å²) in [4.78, 5) is 10.7. The topological polar surface area (TPSA) is 63.3 Å². The van der Waals surface area contributed by atoms with Crippen LogP contribution < -0.4 is 0 Å². The molecule has 0 unspecified atom stereocenters. The highest BCUT2D eigenvalue weighted by atomic mass is 79.9. The van der Waals surface area contributed by atoms with Crippen LogP contribution in [0.5, 0.6) is 0 Å². The van der Waals surface area contributed by atoms with E-state index in [1.165, 1.54) is 0 Å². The normalized spacial score (nSPS) is 17.0. The zero-order valence-electron chi connectivity index (χ0n) is 6.79. The van der Waals surface area contributed by atoms with E-state index < -0.39 is 5.97 Å². The molecule has 2 rings (SSSR count). The van der Waals surface area contributed by atoms with Crippen LogP contribution >= 0.6 is 15.9 Å². The lowest BCUT2D eigenvalue weighted by molar-refractivity contribution is 0.0648. The van der Waals surface area contributed by atoms with Crippen molar-refractivity contribution in [3.63, 3.8) is 0 Å². The van der Waals surface area contributed by atoms with Gasteiger partial charge in [-0.3, -0.25) is 0 Å². The summed E-state index contributed by atoms with van der Waals surface area (Å²) in [7, 11) is 0. The minimum atomic E-state index is -1.04. The predicted molar refractivity (Wildman–Crippen MR) is 47.8 cm³/mol. The molecule has 1 aliphatic carbocycles. The zero-order chi connectivity index (χ0) is 9.42. The second kappa shape index (κ2) is 3.14. The van der Waals surface area contributed by atoms with Gasteiger partial charge >= 0.3 is 5.97 Å². The monoisotopic (exact) mass is 245 g/mol. The number of hydrogen-bond acceptors (Lipinski definition) is 3. The van der Waals surface area contributed by atoms with E-state index >= 15 is 0 Å². The van der Waals surface area contributed by atoms with Crippen LogP contribution in [0.15, 0.2) is 9.13 Å². The summed E-state index contributed by atoms with van der Waals surface area (Å²) < 4.78 is 5.25. The molecule has 13 heavy (non-hydrogen) atoms. The first-order chi connectivity index (χ1) is 6.20. The molecule has 0 aromatic carbocycles. The zero-order valence-corrected chi connectivity index (χ0v) is 8.37.